The first kappa shape index (κ1) is 19.4. The standard InChI is InChI=1S/C15H19N3O5S/c1-15(2,3)23-14(21)17-6-4-12(20)22-9-11(19)18-13-10(8-16)5-7-24-13/h5,7H,4,6,9H2,1-3H3,(H,17,21)(H,18,19). The molecule has 0 fully saturated rings. The second kappa shape index (κ2) is 8.88. The van der Waals surface area contributed by atoms with Crippen molar-refractivity contribution in [2.75, 3.05) is 18.5 Å². The highest BCUT2D eigenvalue weighted by Gasteiger charge is 2.16. The number of amides is 2. The van der Waals surface area contributed by atoms with Crippen molar-refractivity contribution in [3.63, 3.8) is 0 Å². The SMILES string of the molecule is CC(C)(C)OC(=O)NCCC(=O)OCC(=O)Nc1sccc1C#N. The van der Waals surface area contributed by atoms with Gasteiger partial charge in [-0.1, -0.05) is 0 Å². The molecule has 9 heteroatoms. The lowest BCUT2D eigenvalue weighted by Crippen LogP contribution is -2.34. The van der Waals surface area contributed by atoms with E-state index in [2.05, 4.69) is 10.6 Å². The van der Waals surface area contributed by atoms with Crippen molar-refractivity contribution in [2.24, 2.45) is 0 Å². The van der Waals surface area contributed by atoms with Crippen molar-refractivity contribution in [3.05, 3.63) is 17.0 Å². The van der Waals surface area contributed by atoms with Crippen LogP contribution in [0.3, 0.4) is 0 Å². The summed E-state index contributed by atoms with van der Waals surface area (Å²) >= 11 is 1.20. The average Bonchev–Trinajstić information content (AvgIpc) is 2.90. The summed E-state index contributed by atoms with van der Waals surface area (Å²) in [7, 11) is 0. The molecule has 0 atom stereocenters. The summed E-state index contributed by atoms with van der Waals surface area (Å²) in [4.78, 5) is 34.5. The number of nitriles is 1. The maximum atomic E-state index is 11.6. The van der Waals surface area contributed by atoms with Gasteiger partial charge in [0.1, 0.15) is 16.7 Å². The molecule has 0 aliphatic rings. The lowest BCUT2D eigenvalue weighted by atomic mass is 10.2. The molecule has 0 radical (unpaired) electrons. The molecule has 8 nitrogen and oxygen atoms in total. The lowest BCUT2D eigenvalue weighted by molar-refractivity contribution is -0.147. The second-order valence-electron chi connectivity index (χ2n) is 5.66. The molecule has 24 heavy (non-hydrogen) atoms. The van der Waals surface area contributed by atoms with Crippen LogP contribution in [-0.4, -0.2) is 36.7 Å². The molecule has 0 unspecified atom stereocenters. The van der Waals surface area contributed by atoms with Gasteiger partial charge in [-0.2, -0.15) is 5.26 Å². The number of ether oxygens (including phenoxy) is 2. The van der Waals surface area contributed by atoms with E-state index in [-0.39, 0.29) is 13.0 Å². The minimum absolute atomic E-state index is 0.0405. The summed E-state index contributed by atoms with van der Waals surface area (Å²) in [6.45, 7) is 4.76. The normalized spacial score (nSPS) is 10.4. The van der Waals surface area contributed by atoms with Crippen molar-refractivity contribution in [1.29, 1.82) is 5.26 Å². The van der Waals surface area contributed by atoms with Crippen LogP contribution in [-0.2, 0) is 19.1 Å². The highest BCUT2D eigenvalue weighted by Crippen LogP contribution is 2.21. The van der Waals surface area contributed by atoms with Gasteiger partial charge in [-0.05, 0) is 32.2 Å². The summed E-state index contributed by atoms with van der Waals surface area (Å²) in [6, 6.07) is 3.51. The molecule has 0 aromatic carbocycles. The van der Waals surface area contributed by atoms with Gasteiger partial charge in [-0.15, -0.1) is 11.3 Å². The van der Waals surface area contributed by atoms with Crippen LogP contribution in [0.15, 0.2) is 11.4 Å². The molecule has 2 amide bonds. The van der Waals surface area contributed by atoms with E-state index in [4.69, 9.17) is 14.7 Å². The average molecular weight is 353 g/mol. The van der Waals surface area contributed by atoms with E-state index in [1.807, 2.05) is 6.07 Å². The summed E-state index contributed by atoms with van der Waals surface area (Å²) < 4.78 is 9.79. The molecule has 0 spiro atoms. The first-order valence-corrected chi connectivity index (χ1v) is 7.99. The van der Waals surface area contributed by atoms with E-state index in [1.54, 1.807) is 32.2 Å². The third-order valence-electron chi connectivity index (χ3n) is 2.40. The molecule has 0 bridgehead atoms. The van der Waals surface area contributed by atoms with Crippen LogP contribution >= 0.6 is 11.3 Å². The van der Waals surface area contributed by atoms with Crippen molar-refractivity contribution >= 4 is 34.3 Å². The van der Waals surface area contributed by atoms with Gasteiger partial charge in [-0.25, -0.2) is 4.79 Å². The van der Waals surface area contributed by atoms with E-state index in [0.29, 0.717) is 10.6 Å². The van der Waals surface area contributed by atoms with Crippen molar-refractivity contribution < 1.29 is 23.9 Å². The van der Waals surface area contributed by atoms with Crippen LogP contribution in [0.5, 0.6) is 0 Å². The van der Waals surface area contributed by atoms with E-state index < -0.39 is 30.2 Å². The maximum absolute atomic E-state index is 11.6. The van der Waals surface area contributed by atoms with Gasteiger partial charge < -0.3 is 20.1 Å². The van der Waals surface area contributed by atoms with Crippen molar-refractivity contribution in [1.82, 2.24) is 5.32 Å². The summed E-state index contributed by atoms with van der Waals surface area (Å²) in [5.74, 6) is -1.17. The fourth-order valence-electron chi connectivity index (χ4n) is 1.46. The van der Waals surface area contributed by atoms with Crippen LogP contribution in [0.2, 0.25) is 0 Å². The highest BCUT2D eigenvalue weighted by atomic mass is 32.1. The second-order valence-corrected chi connectivity index (χ2v) is 6.58. The molecule has 1 aromatic rings. The molecule has 1 rings (SSSR count). The molecule has 2 N–H and O–H groups in total. The summed E-state index contributed by atoms with van der Waals surface area (Å²) in [5, 5.41) is 15.8. The highest BCUT2D eigenvalue weighted by molar-refractivity contribution is 7.14. The Kier molecular flexibility index (Phi) is 7.20. The van der Waals surface area contributed by atoms with Crippen LogP contribution < -0.4 is 10.6 Å². The van der Waals surface area contributed by atoms with Crippen molar-refractivity contribution in [2.45, 2.75) is 32.8 Å². The molecular formula is C15H19N3O5S. The molecular weight excluding hydrogens is 334 g/mol. The number of nitrogens with zero attached hydrogens (tertiary/aromatic N) is 1. The number of hydrogen-bond donors (Lipinski definition) is 2. The van der Waals surface area contributed by atoms with Crippen LogP contribution in [0.4, 0.5) is 9.80 Å². The molecule has 1 aromatic heterocycles. The number of alkyl carbamates (subject to hydrolysis) is 1. The number of rotatable bonds is 6. The van der Waals surface area contributed by atoms with Gasteiger partial charge in [0.05, 0.1) is 12.0 Å². The zero-order valence-electron chi connectivity index (χ0n) is 13.7. The smallest absolute Gasteiger partial charge is 0.407 e. The Bertz CT molecular complexity index is 642. The summed E-state index contributed by atoms with van der Waals surface area (Å²) in [5.41, 5.74) is -0.270. The van der Waals surface area contributed by atoms with Crippen molar-refractivity contribution in [3.8, 4) is 6.07 Å². The third-order valence-corrected chi connectivity index (χ3v) is 3.23. The molecule has 130 valence electrons. The maximum Gasteiger partial charge on any atom is 0.407 e. The van der Waals surface area contributed by atoms with E-state index in [9.17, 15) is 14.4 Å². The molecule has 1 heterocycles. The Morgan fingerprint density at radius 2 is 2.04 bits per heavy atom. The molecule has 0 aliphatic carbocycles. The summed E-state index contributed by atoms with van der Waals surface area (Å²) in [6.07, 6.45) is -0.718. The third kappa shape index (κ3) is 7.60. The van der Waals surface area contributed by atoms with Gasteiger partial charge >= 0.3 is 12.1 Å². The largest absolute Gasteiger partial charge is 0.456 e. The molecule has 0 saturated carbocycles. The van der Waals surface area contributed by atoms with E-state index in [0.717, 1.165) is 0 Å². The Balaban J connectivity index is 2.23. The Labute approximate surface area is 143 Å². The quantitative estimate of drug-likeness (QED) is 0.756. The topological polar surface area (TPSA) is 118 Å². The minimum Gasteiger partial charge on any atom is -0.456 e. The van der Waals surface area contributed by atoms with Crippen LogP contribution in [0, 0.1) is 11.3 Å². The predicted octanol–water partition coefficient (Wildman–Crippen LogP) is 2.02. The van der Waals surface area contributed by atoms with Gasteiger partial charge in [0, 0.05) is 6.54 Å². The lowest BCUT2D eigenvalue weighted by Gasteiger charge is -2.19. The number of thiophene rings is 1. The number of carbonyl (C=O) groups excluding carboxylic acids is 3. The fourth-order valence-corrected chi connectivity index (χ4v) is 2.21. The fraction of sp³-hybridized carbons (Fsp3) is 0.467. The van der Waals surface area contributed by atoms with Crippen LogP contribution in [0.25, 0.3) is 0 Å². The van der Waals surface area contributed by atoms with Gasteiger partial charge in [0.2, 0.25) is 0 Å². The zero-order valence-corrected chi connectivity index (χ0v) is 14.5. The van der Waals surface area contributed by atoms with E-state index in [1.165, 1.54) is 11.3 Å². The number of nitrogens with one attached hydrogen (secondary N) is 2. The van der Waals surface area contributed by atoms with Crippen LogP contribution in [0.1, 0.15) is 32.8 Å². The first-order valence-electron chi connectivity index (χ1n) is 7.11. The van der Waals surface area contributed by atoms with Gasteiger partial charge in [-0.3, -0.25) is 9.59 Å². The Morgan fingerprint density at radius 1 is 1.33 bits per heavy atom. The van der Waals surface area contributed by atoms with E-state index >= 15 is 0 Å². The monoisotopic (exact) mass is 353 g/mol. The number of hydrogen-bond acceptors (Lipinski definition) is 7. The number of esters is 1. The number of carbonyl (C=O) groups is 3. The minimum atomic E-state index is -0.632. The Morgan fingerprint density at radius 3 is 2.67 bits per heavy atom. The predicted molar refractivity (Wildman–Crippen MR) is 87.5 cm³/mol. The molecule has 0 saturated heterocycles. The Hall–Kier alpha value is -2.60. The first-order chi connectivity index (χ1) is 11.2. The van der Waals surface area contributed by atoms with Gasteiger partial charge in [0.15, 0.2) is 6.61 Å². The zero-order chi connectivity index (χ0) is 18.2. The molecule has 0 aliphatic heterocycles. The van der Waals surface area contributed by atoms with Gasteiger partial charge in [0.25, 0.3) is 5.91 Å². The number of anilines is 1.